The van der Waals surface area contributed by atoms with E-state index in [4.69, 9.17) is 4.74 Å². The number of hydrogen-bond donors (Lipinski definition) is 2. The van der Waals surface area contributed by atoms with Crippen molar-refractivity contribution in [2.45, 2.75) is 26.7 Å². The number of aryl methyl sites for hydroxylation is 1. The number of nitrogens with one attached hydrogen (secondary N) is 2. The van der Waals surface area contributed by atoms with Gasteiger partial charge in [0, 0.05) is 57.1 Å². The maximum atomic E-state index is 13.5. The van der Waals surface area contributed by atoms with E-state index >= 15 is 0 Å². The van der Waals surface area contributed by atoms with E-state index in [2.05, 4.69) is 45.2 Å². The molecule has 0 aromatic heterocycles. The Morgan fingerprint density at radius 3 is 2.20 bits per heavy atom. The third-order valence-corrected chi connectivity index (χ3v) is 7.66. The van der Waals surface area contributed by atoms with E-state index < -0.39 is 0 Å². The van der Waals surface area contributed by atoms with Crippen molar-refractivity contribution in [1.82, 2.24) is 10.2 Å². The van der Waals surface area contributed by atoms with Gasteiger partial charge in [-0.15, -0.1) is 0 Å². The molecule has 1 aliphatic heterocycles. The average molecular weight is 558 g/mol. The number of carbonyl (C=O) groups excluding carboxylic acids is 2. The normalized spacial score (nSPS) is 13.3. The summed E-state index contributed by atoms with van der Waals surface area (Å²) in [5.74, 6) is 0.668. The zero-order chi connectivity index (χ0) is 29.0. The van der Waals surface area contributed by atoms with Crippen LogP contribution in [0.2, 0.25) is 0 Å². The van der Waals surface area contributed by atoms with E-state index in [1.54, 1.807) is 7.11 Å². The molecule has 0 radical (unpaired) electrons. The van der Waals surface area contributed by atoms with Gasteiger partial charge in [0.15, 0.2) is 0 Å². The molecule has 1 aliphatic rings. The Morgan fingerprint density at radius 2 is 1.51 bits per heavy atom. The molecular formula is C33H43N5O3. The van der Waals surface area contributed by atoms with Crippen molar-refractivity contribution in [3.05, 3.63) is 83.9 Å². The highest BCUT2D eigenvalue weighted by atomic mass is 16.5. The molecule has 8 heteroatoms. The molecule has 4 rings (SSSR count). The number of para-hydroxylation sites is 2. The number of ether oxygens (including phenoxy) is 1. The van der Waals surface area contributed by atoms with Crippen LogP contribution in [0.3, 0.4) is 0 Å². The first-order valence-corrected chi connectivity index (χ1v) is 14.6. The van der Waals surface area contributed by atoms with Crippen molar-refractivity contribution in [1.29, 1.82) is 0 Å². The summed E-state index contributed by atoms with van der Waals surface area (Å²) in [6.07, 6.45) is 1.04. The second-order valence-electron chi connectivity index (χ2n) is 10.2. The van der Waals surface area contributed by atoms with Crippen molar-refractivity contribution in [2.75, 3.05) is 74.6 Å². The van der Waals surface area contributed by atoms with E-state index in [1.165, 1.54) is 0 Å². The molecule has 1 saturated heterocycles. The minimum atomic E-state index is -0.125. The lowest BCUT2D eigenvalue weighted by atomic mass is 10.1. The van der Waals surface area contributed by atoms with Gasteiger partial charge in [0.2, 0.25) is 5.91 Å². The maximum absolute atomic E-state index is 13.5. The zero-order valence-corrected chi connectivity index (χ0v) is 24.6. The molecule has 0 atom stereocenters. The second-order valence-corrected chi connectivity index (χ2v) is 10.2. The highest BCUT2D eigenvalue weighted by Gasteiger charge is 2.24. The lowest BCUT2D eigenvalue weighted by molar-refractivity contribution is -0.116. The minimum Gasteiger partial charge on any atom is -0.495 e. The van der Waals surface area contributed by atoms with Gasteiger partial charge in [-0.2, -0.15) is 0 Å². The SMILES string of the molecule is CCN(CC)CCNC(=O)c1cc(NC(=O)CCc2ccccc2)ccc1N1CCN(c2ccccc2OC)CC1. The first kappa shape index (κ1) is 29.9. The molecular weight excluding hydrogens is 514 g/mol. The first-order valence-electron chi connectivity index (χ1n) is 14.6. The number of anilines is 3. The van der Waals surface area contributed by atoms with Crippen LogP contribution in [0.1, 0.15) is 36.2 Å². The Balaban J connectivity index is 1.47. The van der Waals surface area contributed by atoms with Crippen LogP contribution in [0.25, 0.3) is 0 Å². The van der Waals surface area contributed by atoms with Gasteiger partial charge < -0.3 is 30.1 Å². The predicted molar refractivity (Wildman–Crippen MR) is 167 cm³/mol. The highest BCUT2D eigenvalue weighted by molar-refractivity contribution is 6.02. The standard InChI is InChI=1S/C33H43N5O3/c1-4-36(5-2)20-19-34-33(40)28-25-27(35-32(39)18-15-26-11-7-6-8-12-26)16-17-29(28)37-21-23-38(24-22-37)30-13-9-10-14-31(30)41-3/h6-14,16-17,25H,4-5,15,18-24H2,1-3H3,(H,34,40)(H,35,39). The largest absolute Gasteiger partial charge is 0.495 e. The Hall–Kier alpha value is -4.04. The number of rotatable bonds is 13. The molecule has 2 amide bonds. The number of amides is 2. The number of carbonyl (C=O) groups is 2. The molecule has 8 nitrogen and oxygen atoms in total. The number of methoxy groups -OCH3 is 1. The number of likely N-dealkylation sites (N-methyl/N-ethyl adjacent to an activating group) is 1. The first-order chi connectivity index (χ1) is 20.0. The van der Waals surface area contributed by atoms with E-state index in [0.29, 0.717) is 30.6 Å². The Kier molecular flexibility index (Phi) is 11.0. The van der Waals surface area contributed by atoms with Gasteiger partial charge in [0.25, 0.3) is 5.91 Å². The number of nitrogens with zero attached hydrogens (tertiary/aromatic N) is 3. The average Bonchev–Trinajstić information content (AvgIpc) is 3.02. The van der Waals surface area contributed by atoms with Crippen LogP contribution in [0.15, 0.2) is 72.8 Å². The molecule has 3 aromatic rings. The Morgan fingerprint density at radius 1 is 0.854 bits per heavy atom. The van der Waals surface area contributed by atoms with Crippen LogP contribution >= 0.6 is 0 Å². The fourth-order valence-electron chi connectivity index (χ4n) is 5.24. The monoisotopic (exact) mass is 557 g/mol. The predicted octanol–water partition coefficient (Wildman–Crippen LogP) is 4.66. The van der Waals surface area contributed by atoms with Gasteiger partial charge in [-0.3, -0.25) is 9.59 Å². The zero-order valence-electron chi connectivity index (χ0n) is 24.6. The van der Waals surface area contributed by atoms with Gasteiger partial charge in [0.1, 0.15) is 5.75 Å². The fraction of sp³-hybridized carbons (Fsp3) is 0.394. The fourth-order valence-corrected chi connectivity index (χ4v) is 5.24. The molecule has 1 heterocycles. The highest BCUT2D eigenvalue weighted by Crippen LogP contribution is 2.31. The summed E-state index contributed by atoms with van der Waals surface area (Å²) in [7, 11) is 1.70. The van der Waals surface area contributed by atoms with Crippen molar-refractivity contribution in [3.63, 3.8) is 0 Å². The van der Waals surface area contributed by atoms with Gasteiger partial charge in [-0.1, -0.05) is 56.3 Å². The van der Waals surface area contributed by atoms with Crippen LogP contribution in [-0.4, -0.2) is 76.2 Å². The van der Waals surface area contributed by atoms with Crippen LogP contribution in [0, 0.1) is 0 Å². The maximum Gasteiger partial charge on any atom is 0.253 e. The van der Waals surface area contributed by atoms with Crippen molar-refractivity contribution in [3.8, 4) is 5.75 Å². The van der Waals surface area contributed by atoms with Crippen LogP contribution in [0.4, 0.5) is 17.1 Å². The smallest absolute Gasteiger partial charge is 0.253 e. The number of piperazine rings is 1. The number of benzene rings is 3. The summed E-state index contributed by atoms with van der Waals surface area (Å²) >= 11 is 0. The summed E-state index contributed by atoms with van der Waals surface area (Å²) < 4.78 is 5.57. The van der Waals surface area contributed by atoms with Crippen molar-refractivity contribution >= 4 is 28.9 Å². The van der Waals surface area contributed by atoms with Crippen LogP contribution in [-0.2, 0) is 11.2 Å². The minimum absolute atomic E-state index is 0.0695. The Labute approximate surface area is 244 Å². The molecule has 218 valence electrons. The van der Waals surface area contributed by atoms with Crippen molar-refractivity contribution in [2.24, 2.45) is 0 Å². The van der Waals surface area contributed by atoms with Crippen molar-refractivity contribution < 1.29 is 14.3 Å². The molecule has 0 unspecified atom stereocenters. The van der Waals surface area contributed by atoms with Gasteiger partial charge >= 0.3 is 0 Å². The molecule has 3 aromatic carbocycles. The van der Waals surface area contributed by atoms with E-state index in [9.17, 15) is 9.59 Å². The van der Waals surface area contributed by atoms with Gasteiger partial charge in [-0.25, -0.2) is 0 Å². The topological polar surface area (TPSA) is 77.2 Å². The lowest BCUT2D eigenvalue weighted by Gasteiger charge is -2.38. The summed E-state index contributed by atoms with van der Waals surface area (Å²) in [5, 5.41) is 6.11. The molecule has 0 spiro atoms. The van der Waals surface area contributed by atoms with E-state index in [0.717, 1.165) is 68.5 Å². The second kappa shape index (κ2) is 15.1. The molecule has 1 fully saturated rings. The quantitative estimate of drug-likeness (QED) is 0.318. The Bertz CT molecular complexity index is 1270. The molecule has 0 aliphatic carbocycles. The molecule has 41 heavy (non-hydrogen) atoms. The van der Waals surface area contributed by atoms with Gasteiger partial charge in [-0.05, 0) is 55.4 Å². The number of hydrogen-bond acceptors (Lipinski definition) is 6. The van der Waals surface area contributed by atoms with Crippen LogP contribution in [0.5, 0.6) is 5.75 Å². The summed E-state index contributed by atoms with van der Waals surface area (Å²) in [4.78, 5) is 33.1. The van der Waals surface area contributed by atoms with Crippen LogP contribution < -0.4 is 25.2 Å². The molecule has 2 N–H and O–H groups in total. The molecule has 0 saturated carbocycles. The summed E-state index contributed by atoms with van der Waals surface area (Å²) in [6, 6.07) is 23.7. The van der Waals surface area contributed by atoms with Gasteiger partial charge in [0.05, 0.1) is 18.4 Å². The van der Waals surface area contributed by atoms with E-state index in [-0.39, 0.29) is 11.8 Å². The third kappa shape index (κ3) is 8.24. The lowest BCUT2D eigenvalue weighted by Crippen LogP contribution is -2.47. The summed E-state index contributed by atoms with van der Waals surface area (Å²) in [5.41, 5.74) is 4.30. The summed E-state index contributed by atoms with van der Waals surface area (Å²) in [6.45, 7) is 10.6. The van der Waals surface area contributed by atoms with E-state index in [1.807, 2.05) is 66.7 Å². The molecule has 0 bridgehead atoms. The third-order valence-electron chi connectivity index (χ3n) is 7.66.